The maximum absolute atomic E-state index is 12.3. The molecule has 2 aromatic rings. The quantitative estimate of drug-likeness (QED) is 0.819. The Balaban J connectivity index is 2.43. The van der Waals surface area contributed by atoms with Gasteiger partial charge in [0.2, 0.25) is 5.13 Å². The molecule has 0 aliphatic heterocycles. The maximum atomic E-state index is 12.3. The van der Waals surface area contributed by atoms with Crippen LogP contribution in [0.4, 0.5) is 5.13 Å². The number of rotatable bonds is 4. The van der Waals surface area contributed by atoms with E-state index in [0.717, 1.165) is 11.5 Å². The Bertz CT molecular complexity index is 773. The Hall–Kier alpha value is -1.29. The molecule has 0 aliphatic carbocycles. The summed E-state index contributed by atoms with van der Waals surface area (Å²) in [7, 11) is -3.88. The van der Waals surface area contributed by atoms with E-state index >= 15 is 0 Å². The van der Waals surface area contributed by atoms with Gasteiger partial charge in [-0.2, -0.15) is 4.37 Å². The van der Waals surface area contributed by atoms with E-state index in [-0.39, 0.29) is 20.0 Å². The number of nitrogens with zero attached hydrogens (tertiary/aromatic N) is 2. The van der Waals surface area contributed by atoms with Crippen molar-refractivity contribution in [3.8, 4) is 0 Å². The summed E-state index contributed by atoms with van der Waals surface area (Å²) in [5.74, 6) is 0.482. The number of nitrogens with two attached hydrogens (primary N) is 1. The van der Waals surface area contributed by atoms with Crippen LogP contribution in [-0.4, -0.2) is 22.8 Å². The lowest BCUT2D eigenvalue weighted by Crippen LogP contribution is -2.15. The molecule has 0 spiro atoms. The molecule has 0 amide bonds. The smallest absolute Gasteiger partial charge is 0.265 e. The van der Waals surface area contributed by atoms with Crippen molar-refractivity contribution in [3.05, 3.63) is 34.6 Å². The predicted octanol–water partition coefficient (Wildman–Crippen LogP) is 1.93. The number of nitrogens with one attached hydrogen (secondary N) is 1. The van der Waals surface area contributed by atoms with E-state index in [1.165, 1.54) is 12.1 Å². The van der Waals surface area contributed by atoms with Gasteiger partial charge in [-0.25, -0.2) is 13.4 Å². The van der Waals surface area contributed by atoms with Gasteiger partial charge in [-0.3, -0.25) is 4.72 Å². The molecular weight excluding hydrogens is 340 g/mol. The molecule has 0 unspecified atom stereocenters. The van der Waals surface area contributed by atoms with Gasteiger partial charge in [-0.05, 0) is 19.1 Å². The van der Waals surface area contributed by atoms with E-state index in [1.54, 1.807) is 13.0 Å². The van der Waals surface area contributed by atoms with Gasteiger partial charge >= 0.3 is 0 Å². The van der Waals surface area contributed by atoms with E-state index in [4.69, 9.17) is 29.6 Å². The molecule has 3 N–H and O–H groups in total. The highest BCUT2D eigenvalue weighted by atomic mass is 35.5. The third kappa shape index (κ3) is 3.23. The first-order chi connectivity index (χ1) is 9.29. The predicted molar refractivity (Wildman–Crippen MR) is 82.8 cm³/mol. The number of aromatic nitrogens is 2. The first-order valence-corrected chi connectivity index (χ1v) is 8.26. The Labute approximate surface area is 130 Å². The normalized spacial score (nSPS) is 11.3. The molecule has 1 aromatic carbocycles. The van der Waals surface area contributed by atoms with Gasteiger partial charge in [-0.1, -0.05) is 29.9 Å². The lowest BCUT2D eigenvalue weighted by Gasteiger charge is -2.08. The molecule has 0 bridgehead atoms. The molecule has 1 aromatic heterocycles. The molecule has 0 atom stereocenters. The second-order valence-corrected chi connectivity index (χ2v) is 7.01. The van der Waals surface area contributed by atoms with E-state index in [9.17, 15) is 8.42 Å². The fourth-order valence-electron chi connectivity index (χ4n) is 1.37. The lowest BCUT2D eigenvalue weighted by molar-refractivity contribution is 0.601. The van der Waals surface area contributed by atoms with Gasteiger partial charge in [0.25, 0.3) is 10.0 Å². The summed E-state index contributed by atoms with van der Waals surface area (Å²) in [4.78, 5) is 3.91. The summed E-state index contributed by atoms with van der Waals surface area (Å²) in [5, 5.41) is 0.234. The van der Waals surface area contributed by atoms with Crippen LogP contribution >= 0.6 is 35.4 Å². The summed E-state index contributed by atoms with van der Waals surface area (Å²) < 4.78 is 30.7. The van der Waals surface area contributed by atoms with Gasteiger partial charge in [0, 0.05) is 17.1 Å². The summed E-state index contributed by atoms with van der Waals surface area (Å²) in [6.45, 7) is 1.66. The lowest BCUT2D eigenvalue weighted by atomic mass is 10.2. The minimum Gasteiger partial charge on any atom is -0.389 e. The van der Waals surface area contributed by atoms with Crippen LogP contribution in [-0.2, 0) is 10.0 Å². The van der Waals surface area contributed by atoms with Crippen molar-refractivity contribution in [2.75, 3.05) is 4.72 Å². The van der Waals surface area contributed by atoms with E-state index in [2.05, 4.69) is 14.1 Å². The van der Waals surface area contributed by atoms with E-state index in [0.29, 0.717) is 11.4 Å². The largest absolute Gasteiger partial charge is 0.389 e. The number of hydrogen-bond acceptors (Lipinski definition) is 6. The van der Waals surface area contributed by atoms with Crippen LogP contribution in [0.25, 0.3) is 0 Å². The minimum atomic E-state index is -3.88. The average Bonchev–Trinajstić information content (AvgIpc) is 2.73. The van der Waals surface area contributed by atoms with Crippen molar-refractivity contribution in [3.63, 3.8) is 0 Å². The maximum Gasteiger partial charge on any atom is 0.265 e. The highest BCUT2D eigenvalue weighted by Gasteiger charge is 2.20. The zero-order valence-corrected chi connectivity index (χ0v) is 13.3. The van der Waals surface area contributed by atoms with Gasteiger partial charge < -0.3 is 5.73 Å². The molecule has 6 nitrogen and oxygen atoms in total. The molecule has 2 rings (SSSR count). The SMILES string of the molecule is Cc1nsc(NS(=O)(=O)c2cc(C(N)=S)ccc2Cl)n1. The fourth-order valence-corrected chi connectivity index (χ4v) is 3.82. The van der Waals surface area contributed by atoms with Crippen molar-refractivity contribution >= 4 is 55.5 Å². The summed E-state index contributed by atoms with van der Waals surface area (Å²) in [6.07, 6.45) is 0. The van der Waals surface area contributed by atoms with Crippen LogP contribution < -0.4 is 10.5 Å². The number of hydrogen-bond donors (Lipinski definition) is 2. The van der Waals surface area contributed by atoms with Crippen molar-refractivity contribution < 1.29 is 8.42 Å². The number of sulfonamides is 1. The molecule has 10 heteroatoms. The molecule has 0 saturated carbocycles. The van der Waals surface area contributed by atoms with Crippen LogP contribution in [0.5, 0.6) is 0 Å². The van der Waals surface area contributed by atoms with Crippen LogP contribution in [0.1, 0.15) is 11.4 Å². The highest BCUT2D eigenvalue weighted by Crippen LogP contribution is 2.25. The average molecular weight is 349 g/mol. The van der Waals surface area contributed by atoms with E-state index < -0.39 is 10.0 Å². The number of anilines is 1. The van der Waals surface area contributed by atoms with Gasteiger partial charge in [0.1, 0.15) is 15.7 Å². The molecule has 0 radical (unpaired) electrons. The third-order valence-electron chi connectivity index (χ3n) is 2.25. The van der Waals surface area contributed by atoms with Crippen molar-refractivity contribution in [2.24, 2.45) is 5.73 Å². The van der Waals surface area contributed by atoms with Crippen molar-refractivity contribution in [2.45, 2.75) is 11.8 Å². The first-order valence-electron chi connectivity index (χ1n) is 5.22. The molecular formula is C10H9ClN4O2S3. The minimum absolute atomic E-state index is 0.0683. The molecule has 0 saturated heterocycles. The van der Waals surface area contributed by atoms with Crippen LogP contribution in [0.3, 0.4) is 0 Å². The third-order valence-corrected chi connectivity index (χ3v) is 5.16. The number of benzene rings is 1. The fraction of sp³-hybridized carbons (Fsp3) is 0.100. The molecule has 20 heavy (non-hydrogen) atoms. The summed E-state index contributed by atoms with van der Waals surface area (Å²) in [5.41, 5.74) is 5.90. The van der Waals surface area contributed by atoms with Gasteiger partial charge in [0.15, 0.2) is 0 Å². The van der Waals surface area contributed by atoms with Crippen LogP contribution in [0.2, 0.25) is 5.02 Å². The Morgan fingerprint density at radius 2 is 2.20 bits per heavy atom. The Morgan fingerprint density at radius 1 is 1.50 bits per heavy atom. The molecule has 0 aliphatic rings. The standard InChI is InChI=1S/C10H9ClN4O2S3/c1-5-13-10(19-14-5)15-20(16,17)8-4-6(9(12)18)2-3-7(8)11/h2-4H,1H3,(H2,12,18)(H,13,14,15). The Kier molecular flexibility index (Phi) is 4.23. The molecule has 0 fully saturated rings. The second-order valence-electron chi connectivity index (χ2n) is 3.76. The molecule has 1 heterocycles. The van der Waals surface area contributed by atoms with E-state index in [1.807, 2.05) is 0 Å². The first kappa shape index (κ1) is 15.1. The summed E-state index contributed by atoms with van der Waals surface area (Å²) >= 11 is 11.7. The highest BCUT2D eigenvalue weighted by molar-refractivity contribution is 7.93. The monoisotopic (exact) mass is 348 g/mol. The zero-order valence-electron chi connectivity index (χ0n) is 10.1. The topological polar surface area (TPSA) is 98.0 Å². The number of aryl methyl sites for hydroxylation is 1. The van der Waals surface area contributed by atoms with Crippen LogP contribution in [0, 0.1) is 6.92 Å². The van der Waals surface area contributed by atoms with Gasteiger partial charge in [0.05, 0.1) is 5.02 Å². The van der Waals surface area contributed by atoms with Gasteiger partial charge in [-0.15, -0.1) is 0 Å². The summed E-state index contributed by atoms with van der Waals surface area (Å²) in [6, 6.07) is 4.30. The molecule has 106 valence electrons. The van der Waals surface area contributed by atoms with Crippen molar-refractivity contribution in [1.82, 2.24) is 9.36 Å². The zero-order chi connectivity index (χ0) is 14.9. The number of halogens is 1. The second kappa shape index (κ2) is 5.60. The van der Waals surface area contributed by atoms with Crippen LogP contribution in [0.15, 0.2) is 23.1 Å². The van der Waals surface area contributed by atoms with Crippen molar-refractivity contribution in [1.29, 1.82) is 0 Å². The number of thiocarbonyl (C=S) groups is 1. The Morgan fingerprint density at radius 3 is 2.75 bits per heavy atom.